The molecule has 5 heteroatoms. The highest BCUT2D eigenvalue weighted by Gasteiger charge is 2.29. The first-order chi connectivity index (χ1) is 18.4. The van der Waals surface area contributed by atoms with E-state index in [1.54, 1.807) is 0 Å². The Kier molecular flexibility index (Phi) is 9.86. The molecule has 4 aromatic rings. The zero-order valence-corrected chi connectivity index (χ0v) is 23.3. The maximum atomic E-state index is 13.5. The highest BCUT2D eigenvalue weighted by Crippen LogP contribution is 2.31. The van der Waals surface area contributed by atoms with Crippen LogP contribution in [0.1, 0.15) is 47.2 Å². The predicted octanol–water partition coefficient (Wildman–Crippen LogP) is 8.87. The molecule has 2 N–H and O–H groups in total. The largest absolute Gasteiger partial charge is 0.378 e. The summed E-state index contributed by atoms with van der Waals surface area (Å²) in [4.78, 5) is 13.5. The van der Waals surface area contributed by atoms with Crippen LogP contribution in [0.15, 0.2) is 109 Å². The van der Waals surface area contributed by atoms with Gasteiger partial charge in [0.1, 0.15) is 0 Å². The molecule has 2 unspecified atom stereocenters. The second-order valence-electron chi connectivity index (χ2n) is 9.76. The number of aryl methyl sites for hydroxylation is 2. The fourth-order valence-electron chi connectivity index (χ4n) is 4.47. The molecule has 196 valence electrons. The molecule has 0 saturated carbocycles. The number of hydrogen-bond donors (Lipinski definition) is 2. The first-order valence-corrected chi connectivity index (χ1v) is 13.8. The van der Waals surface area contributed by atoms with Crippen LogP contribution in [0, 0.1) is 13.8 Å². The van der Waals surface area contributed by atoms with Crippen molar-refractivity contribution in [1.82, 2.24) is 0 Å². The molecule has 3 nitrogen and oxygen atoms in total. The number of ketones is 1. The molecule has 0 heterocycles. The van der Waals surface area contributed by atoms with Crippen LogP contribution in [0.3, 0.4) is 0 Å². The number of anilines is 2. The van der Waals surface area contributed by atoms with Gasteiger partial charge in [0.25, 0.3) is 0 Å². The lowest BCUT2D eigenvalue weighted by atomic mass is 9.95. The zero-order chi connectivity index (χ0) is 26.9. The monoisotopic (exact) mass is 544 g/mol. The highest BCUT2D eigenvalue weighted by molar-refractivity contribution is 6.40. The van der Waals surface area contributed by atoms with Crippen molar-refractivity contribution in [2.45, 2.75) is 49.5 Å². The summed E-state index contributed by atoms with van der Waals surface area (Å²) in [5, 5.41) is 5.64. The molecule has 4 rings (SSSR count). The van der Waals surface area contributed by atoms with Crippen molar-refractivity contribution in [2.24, 2.45) is 0 Å². The van der Waals surface area contributed by atoms with Crippen molar-refractivity contribution in [3.8, 4) is 0 Å². The number of halogens is 2. The molecule has 0 amide bonds. The summed E-state index contributed by atoms with van der Waals surface area (Å²) in [6.45, 7) is 4.12. The maximum absolute atomic E-state index is 13.5. The number of carbonyl (C=O) groups is 1. The quantitative estimate of drug-likeness (QED) is 0.175. The lowest BCUT2D eigenvalue weighted by Crippen LogP contribution is -2.30. The molecule has 0 radical (unpaired) electrons. The smallest absolute Gasteiger partial charge is 0.168 e. The van der Waals surface area contributed by atoms with Gasteiger partial charge in [-0.1, -0.05) is 96.1 Å². The Morgan fingerprint density at radius 2 is 0.921 bits per heavy atom. The molecule has 4 atom stereocenters. The van der Waals surface area contributed by atoms with Gasteiger partial charge in [0.2, 0.25) is 0 Å². The number of hydrogen-bond acceptors (Lipinski definition) is 3. The Labute approximate surface area is 236 Å². The van der Waals surface area contributed by atoms with Crippen LogP contribution in [0.2, 0.25) is 0 Å². The summed E-state index contributed by atoms with van der Waals surface area (Å²) >= 11 is 13.5. The van der Waals surface area contributed by atoms with Gasteiger partial charge in [-0.3, -0.25) is 4.79 Å². The number of rotatable bonds is 12. The number of carbonyl (C=O) groups excluding carboxylic acids is 1. The molecule has 0 fully saturated rings. The topological polar surface area (TPSA) is 41.1 Å². The molecule has 0 aliphatic rings. The van der Waals surface area contributed by atoms with E-state index in [2.05, 4.69) is 73.0 Å². The van der Waals surface area contributed by atoms with E-state index in [4.69, 9.17) is 23.2 Å². The summed E-state index contributed by atoms with van der Waals surface area (Å²) < 4.78 is 0. The minimum atomic E-state index is -0.739. The predicted molar refractivity (Wildman–Crippen MR) is 161 cm³/mol. The summed E-state index contributed by atoms with van der Waals surface area (Å²) in [7, 11) is 0. The van der Waals surface area contributed by atoms with Gasteiger partial charge in [-0.2, -0.15) is 0 Å². The Balaban J connectivity index is 1.47. The van der Waals surface area contributed by atoms with Gasteiger partial charge < -0.3 is 10.6 Å². The van der Waals surface area contributed by atoms with E-state index in [1.165, 1.54) is 11.1 Å². The van der Waals surface area contributed by atoms with Gasteiger partial charge >= 0.3 is 0 Å². The lowest BCUT2D eigenvalue weighted by molar-refractivity contribution is -0.118. The number of alkyl halides is 2. The van der Waals surface area contributed by atoms with Crippen LogP contribution in [0.4, 0.5) is 11.4 Å². The molecular weight excluding hydrogens is 511 g/mol. The molecular formula is C33H34Cl2N2O. The summed E-state index contributed by atoms with van der Waals surface area (Å²) in [6.07, 6.45) is 0.839. The van der Waals surface area contributed by atoms with Crippen LogP contribution in [0.5, 0.6) is 0 Å². The first kappa shape index (κ1) is 27.8. The Bertz CT molecular complexity index is 1180. The van der Waals surface area contributed by atoms with Crippen molar-refractivity contribution in [1.29, 1.82) is 0 Å². The molecule has 0 aliphatic heterocycles. The fourth-order valence-corrected chi connectivity index (χ4v) is 5.20. The number of Topliss-reactive ketones (excluding diaryl/α,β-unsaturated/α-hetero) is 1. The standard InChI is InChI=1S/C33H34Cl2N2O/c1-23-13-17-27(18-14-23)36-31(25-9-5-3-6-10-25)21-29(34)33(38)30(35)22-32(26-11-7-4-8-12-26)37-28-19-15-24(2)16-20-28/h3-20,29-32,36-37H,21-22H2,1-2H3/t29?,30?,31-,32-/m0/s1. The highest BCUT2D eigenvalue weighted by atomic mass is 35.5. The number of nitrogens with one attached hydrogen (secondary N) is 2. The normalized spacial score (nSPS) is 14.2. The van der Waals surface area contributed by atoms with Gasteiger partial charge in [-0.15, -0.1) is 23.2 Å². The Morgan fingerprint density at radius 3 is 1.26 bits per heavy atom. The van der Waals surface area contributed by atoms with E-state index in [0.717, 1.165) is 22.5 Å². The summed E-state index contributed by atoms with van der Waals surface area (Å²) in [5.74, 6) is -0.161. The van der Waals surface area contributed by atoms with Crippen molar-refractivity contribution >= 4 is 40.4 Å². The van der Waals surface area contributed by atoms with Crippen molar-refractivity contribution < 1.29 is 4.79 Å². The third kappa shape index (κ3) is 7.86. The van der Waals surface area contributed by atoms with E-state index >= 15 is 0 Å². The van der Waals surface area contributed by atoms with E-state index in [-0.39, 0.29) is 17.9 Å². The Hall–Kier alpha value is -3.27. The summed E-state index contributed by atoms with van der Waals surface area (Å²) in [6, 6.07) is 36.3. The summed E-state index contributed by atoms with van der Waals surface area (Å²) in [5.41, 5.74) is 6.48. The lowest BCUT2D eigenvalue weighted by Gasteiger charge is -2.26. The average molecular weight is 546 g/mol. The Morgan fingerprint density at radius 1 is 0.579 bits per heavy atom. The van der Waals surface area contributed by atoms with E-state index in [9.17, 15) is 4.79 Å². The molecule has 0 saturated heterocycles. The van der Waals surface area contributed by atoms with Gasteiger partial charge in [0.05, 0.1) is 22.8 Å². The molecule has 0 spiro atoms. The molecule has 38 heavy (non-hydrogen) atoms. The third-order valence-electron chi connectivity index (χ3n) is 6.69. The molecule has 4 aromatic carbocycles. The van der Waals surface area contributed by atoms with Crippen LogP contribution < -0.4 is 10.6 Å². The molecule has 0 aliphatic carbocycles. The molecule has 0 bridgehead atoms. The molecule has 0 aromatic heterocycles. The van der Waals surface area contributed by atoms with E-state index in [0.29, 0.717) is 12.8 Å². The van der Waals surface area contributed by atoms with Gasteiger partial charge in [-0.25, -0.2) is 0 Å². The van der Waals surface area contributed by atoms with Crippen molar-refractivity contribution in [2.75, 3.05) is 10.6 Å². The van der Waals surface area contributed by atoms with Crippen LogP contribution >= 0.6 is 23.2 Å². The number of benzene rings is 4. The van der Waals surface area contributed by atoms with E-state index < -0.39 is 10.8 Å². The SMILES string of the molecule is Cc1ccc(N[C@@H](CC(Cl)C(=O)C(Cl)C[C@H](Nc2ccc(C)cc2)c2ccccc2)c2ccccc2)cc1. The van der Waals surface area contributed by atoms with E-state index in [1.807, 2.05) is 60.7 Å². The maximum Gasteiger partial charge on any atom is 0.168 e. The van der Waals surface area contributed by atoms with Gasteiger partial charge in [-0.05, 0) is 62.1 Å². The minimum Gasteiger partial charge on any atom is -0.378 e. The minimum absolute atomic E-state index is 0.134. The van der Waals surface area contributed by atoms with Crippen LogP contribution in [-0.4, -0.2) is 16.5 Å². The first-order valence-electron chi connectivity index (χ1n) is 13.0. The third-order valence-corrected chi connectivity index (χ3v) is 7.48. The van der Waals surface area contributed by atoms with Crippen LogP contribution in [-0.2, 0) is 4.79 Å². The van der Waals surface area contributed by atoms with Crippen molar-refractivity contribution in [3.05, 3.63) is 131 Å². The van der Waals surface area contributed by atoms with Crippen molar-refractivity contribution in [3.63, 3.8) is 0 Å². The van der Waals surface area contributed by atoms with Crippen LogP contribution in [0.25, 0.3) is 0 Å². The average Bonchev–Trinajstić information content (AvgIpc) is 2.95. The second-order valence-corrected chi connectivity index (χ2v) is 10.8. The second kappa shape index (κ2) is 13.5. The van der Waals surface area contributed by atoms with Gasteiger partial charge in [0, 0.05) is 11.4 Å². The zero-order valence-electron chi connectivity index (χ0n) is 21.8. The fraction of sp³-hybridized carbons (Fsp3) is 0.242. The van der Waals surface area contributed by atoms with Gasteiger partial charge in [0.15, 0.2) is 5.78 Å².